The van der Waals surface area contributed by atoms with Gasteiger partial charge in [-0.05, 0) is 26.7 Å². The third kappa shape index (κ3) is 36.9. The molecule has 1 N–H and O–H groups in total. The molecule has 0 heterocycles. The molecule has 1 amide bonds. The van der Waals surface area contributed by atoms with Gasteiger partial charge in [-0.25, -0.2) is 4.79 Å². The fourth-order valence-corrected chi connectivity index (χ4v) is 8.60. The topological polar surface area (TPSA) is 117 Å². The average molecular weight is 816 g/mol. The molecule has 0 spiro atoms. The van der Waals surface area contributed by atoms with Crippen LogP contribution in [0.2, 0.25) is 0 Å². The second kappa shape index (κ2) is 41.7. The van der Waals surface area contributed by atoms with Gasteiger partial charge in [-0.3, -0.25) is 14.2 Å². The lowest BCUT2D eigenvalue weighted by Crippen LogP contribution is -2.44. The van der Waals surface area contributed by atoms with Crippen LogP contribution in [0.25, 0.3) is 0 Å². The first-order chi connectivity index (χ1) is 27.3. The first-order valence-corrected chi connectivity index (χ1v) is 25.5. The van der Waals surface area contributed by atoms with E-state index in [1.807, 2.05) is 0 Å². The Bertz CT molecular complexity index is 938. The quantitative estimate of drug-likeness (QED) is 0.0367. The summed E-state index contributed by atoms with van der Waals surface area (Å²) in [5.41, 5.74) is 0. The number of unbranched alkanes of at least 4 members (excludes halogenated alkanes) is 30. The van der Waals surface area contributed by atoms with E-state index in [0.717, 1.165) is 38.5 Å². The van der Waals surface area contributed by atoms with Gasteiger partial charge in [0.15, 0.2) is 0 Å². The zero-order chi connectivity index (χ0) is 41.2. The maximum absolute atomic E-state index is 13.0. The van der Waals surface area contributed by atoms with Gasteiger partial charge in [0.25, 0.3) is 0 Å². The van der Waals surface area contributed by atoms with Crippen molar-refractivity contribution in [1.29, 1.82) is 0 Å². The van der Waals surface area contributed by atoms with Crippen LogP contribution in [0.15, 0.2) is 0 Å². The van der Waals surface area contributed by atoms with Crippen molar-refractivity contribution in [3.63, 3.8) is 0 Å². The van der Waals surface area contributed by atoms with Crippen LogP contribution in [0, 0.1) is 0 Å². The van der Waals surface area contributed by atoms with Crippen molar-refractivity contribution in [3.05, 3.63) is 0 Å². The molecule has 0 saturated heterocycles. The molecule has 0 rings (SSSR count). The first kappa shape index (κ1) is 54.6. The Morgan fingerprint density at radius 3 is 1.07 bits per heavy atom. The number of hydrogen-bond acceptors (Lipinski definition) is 8. The summed E-state index contributed by atoms with van der Waals surface area (Å²) in [5.74, 6) is -1.97. The fraction of sp³-hybridized carbons (Fsp3) is 0.935. The van der Waals surface area contributed by atoms with Crippen molar-refractivity contribution in [2.45, 2.75) is 246 Å². The Morgan fingerprint density at radius 2 is 0.750 bits per heavy atom. The zero-order valence-electron chi connectivity index (χ0n) is 37.2. The molecule has 0 aromatic carbocycles. The van der Waals surface area contributed by atoms with Gasteiger partial charge >= 0.3 is 19.5 Å². The van der Waals surface area contributed by atoms with Crippen LogP contribution in [-0.2, 0) is 37.5 Å². The monoisotopic (exact) mass is 816 g/mol. The summed E-state index contributed by atoms with van der Waals surface area (Å²) in [6.07, 6.45) is 39.4. The van der Waals surface area contributed by atoms with Crippen LogP contribution < -0.4 is 5.32 Å². The molecular formula is C46H90NO8P. The van der Waals surface area contributed by atoms with Crippen molar-refractivity contribution in [2.24, 2.45) is 0 Å². The fourth-order valence-electron chi connectivity index (χ4n) is 7.12. The molecule has 0 aromatic rings. The molecular weight excluding hydrogens is 725 g/mol. The summed E-state index contributed by atoms with van der Waals surface area (Å²) in [5, 5.41) is 2.54. The summed E-state index contributed by atoms with van der Waals surface area (Å²) < 4.78 is 34.3. The summed E-state index contributed by atoms with van der Waals surface area (Å²) in [7, 11) is -3.68. The molecule has 0 aliphatic rings. The molecule has 0 aliphatic carbocycles. The molecule has 332 valence electrons. The lowest BCUT2D eigenvalue weighted by molar-refractivity contribution is -0.153. The lowest BCUT2D eigenvalue weighted by atomic mass is 10.0. The highest BCUT2D eigenvalue weighted by atomic mass is 31.2. The van der Waals surface area contributed by atoms with Gasteiger partial charge in [0.1, 0.15) is 12.2 Å². The molecule has 0 aromatic heterocycles. The molecule has 0 bridgehead atoms. The minimum atomic E-state index is -3.68. The summed E-state index contributed by atoms with van der Waals surface area (Å²) >= 11 is 0. The van der Waals surface area contributed by atoms with Crippen LogP contribution in [-0.4, -0.2) is 56.5 Å². The SMILES string of the molecule is CCCCCCCCCCCCCCCCCCOC(=O)C[C@H](NC(=O)CP(=O)(OCC)OCC)C(=O)OCCCCCCCCCCCCCCCCCC. The highest BCUT2D eigenvalue weighted by Gasteiger charge is 2.32. The van der Waals surface area contributed by atoms with Gasteiger partial charge in [0.05, 0.1) is 32.8 Å². The summed E-state index contributed by atoms with van der Waals surface area (Å²) in [6.45, 7) is 8.57. The van der Waals surface area contributed by atoms with Crippen LogP contribution in [0.4, 0.5) is 0 Å². The smallest absolute Gasteiger partial charge is 0.340 e. The molecule has 10 heteroatoms. The minimum Gasteiger partial charge on any atom is -0.466 e. The first-order valence-electron chi connectivity index (χ1n) is 23.8. The Morgan fingerprint density at radius 1 is 0.446 bits per heavy atom. The molecule has 0 aliphatic heterocycles. The number of rotatable bonds is 44. The van der Waals surface area contributed by atoms with E-state index in [4.69, 9.17) is 18.5 Å². The van der Waals surface area contributed by atoms with Gasteiger partial charge in [-0.2, -0.15) is 0 Å². The largest absolute Gasteiger partial charge is 0.466 e. The van der Waals surface area contributed by atoms with Gasteiger partial charge in [0.2, 0.25) is 5.91 Å². The summed E-state index contributed by atoms with van der Waals surface area (Å²) in [4.78, 5) is 38.6. The third-order valence-corrected chi connectivity index (χ3v) is 12.5. The van der Waals surface area contributed by atoms with Gasteiger partial charge in [0, 0.05) is 0 Å². The van der Waals surface area contributed by atoms with Crippen molar-refractivity contribution in [1.82, 2.24) is 5.32 Å². The van der Waals surface area contributed by atoms with Crippen molar-refractivity contribution in [3.8, 4) is 0 Å². The third-order valence-electron chi connectivity index (χ3n) is 10.5. The summed E-state index contributed by atoms with van der Waals surface area (Å²) in [6, 6.07) is -1.24. The van der Waals surface area contributed by atoms with E-state index in [9.17, 15) is 18.9 Å². The number of esters is 2. The average Bonchev–Trinajstić information content (AvgIpc) is 3.17. The Labute approximate surface area is 345 Å². The van der Waals surface area contributed by atoms with Gasteiger partial charge < -0.3 is 23.8 Å². The maximum Gasteiger partial charge on any atom is 0.340 e. The number of hydrogen-bond donors (Lipinski definition) is 1. The van der Waals surface area contributed by atoms with E-state index in [1.165, 1.54) is 167 Å². The van der Waals surface area contributed by atoms with Crippen molar-refractivity contribution < 1.29 is 37.5 Å². The number of carbonyl (C=O) groups excluding carboxylic acids is 3. The molecule has 0 fully saturated rings. The normalized spacial score (nSPS) is 12.1. The minimum absolute atomic E-state index is 0.112. The van der Waals surface area contributed by atoms with E-state index >= 15 is 0 Å². The Hall–Kier alpha value is -1.44. The highest BCUT2D eigenvalue weighted by Crippen LogP contribution is 2.47. The van der Waals surface area contributed by atoms with E-state index in [-0.39, 0.29) is 32.8 Å². The molecule has 9 nitrogen and oxygen atoms in total. The second-order valence-electron chi connectivity index (χ2n) is 15.9. The van der Waals surface area contributed by atoms with E-state index < -0.39 is 37.6 Å². The number of ether oxygens (including phenoxy) is 2. The van der Waals surface area contributed by atoms with Crippen LogP contribution >= 0.6 is 7.60 Å². The van der Waals surface area contributed by atoms with Gasteiger partial charge in [-0.1, -0.05) is 206 Å². The molecule has 56 heavy (non-hydrogen) atoms. The predicted molar refractivity (Wildman–Crippen MR) is 233 cm³/mol. The predicted octanol–water partition coefficient (Wildman–Crippen LogP) is 13.7. The number of amides is 1. The molecule has 0 unspecified atom stereocenters. The molecule has 0 radical (unpaired) electrons. The van der Waals surface area contributed by atoms with Gasteiger partial charge in [-0.15, -0.1) is 0 Å². The van der Waals surface area contributed by atoms with E-state index in [1.54, 1.807) is 13.8 Å². The molecule has 1 atom stereocenters. The van der Waals surface area contributed by atoms with Crippen LogP contribution in [0.5, 0.6) is 0 Å². The van der Waals surface area contributed by atoms with Crippen LogP contribution in [0.1, 0.15) is 240 Å². The van der Waals surface area contributed by atoms with E-state index in [0.29, 0.717) is 0 Å². The Kier molecular flexibility index (Phi) is 40.6. The maximum atomic E-state index is 13.0. The number of carbonyl (C=O) groups is 3. The standard InChI is InChI=1S/C46H90NO8P/c1-5-9-11-13-15-17-19-21-23-25-27-29-31-33-35-37-39-52-45(49)41-43(47-44(48)42-56(51,54-7-3)55-8-4)46(50)53-40-38-36-34-32-30-28-26-24-22-20-18-16-14-12-10-6-2/h43H,5-42H2,1-4H3,(H,47,48)/t43-/m0/s1. The van der Waals surface area contributed by atoms with Crippen molar-refractivity contribution >= 4 is 25.4 Å². The van der Waals surface area contributed by atoms with Crippen LogP contribution in [0.3, 0.4) is 0 Å². The van der Waals surface area contributed by atoms with E-state index in [2.05, 4.69) is 19.2 Å². The molecule has 0 saturated carbocycles. The lowest BCUT2D eigenvalue weighted by Gasteiger charge is -2.20. The highest BCUT2D eigenvalue weighted by molar-refractivity contribution is 7.54. The van der Waals surface area contributed by atoms with Crippen molar-refractivity contribution in [2.75, 3.05) is 32.6 Å². The number of nitrogens with one attached hydrogen (secondary N) is 1. The Balaban J connectivity index is 4.34. The second-order valence-corrected chi connectivity index (χ2v) is 18.0. The zero-order valence-corrected chi connectivity index (χ0v) is 38.1.